The summed E-state index contributed by atoms with van der Waals surface area (Å²) < 4.78 is 0. The molecule has 6 N–H and O–H groups in total. The van der Waals surface area contributed by atoms with Gasteiger partial charge >= 0.3 is 0 Å². The van der Waals surface area contributed by atoms with Crippen LogP contribution in [0.5, 0.6) is 0 Å². The normalized spacial score (nSPS) is 18.4. The average molecular weight is 485 g/mol. The van der Waals surface area contributed by atoms with Crippen LogP contribution in [-0.4, -0.2) is 38.7 Å². The number of nitrogens with zero attached hydrogens (tertiary/aromatic N) is 4. The van der Waals surface area contributed by atoms with Gasteiger partial charge in [-0.2, -0.15) is 10.1 Å². The molecule has 1 fully saturated rings. The van der Waals surface area contributed by atoms with Gasteiger partial charge in [-0.05, 0) is 51.3 Å². The van der Waals surface area contributed by atoms with Crippen molar-refractivity contribution in [2.75, 3.05) is 22.9 Å². The predicted octanol–water partition coefficient (Wildman–Crippen LogP) is 3.84. The molecule has 0 aliphatic carbocycles. The number of rotatable bonds is 5. The van der Waals surface area contributed by atoms with E-state index in [9.17, 15) is 4.79 Å². The summed E-state index contributed by atoms with van der Waals surface area (Å²) in [6, 6.07) is 18.0. The summed E-state index contributed by atoms with van der Waals surface area (Å²) in [4.78, 5) is 24.5. The molecule has 4 aromatic rings. The number of carbonyl (C=O) groups excluding carboxylic acids is 1. The second-order valence-electron chi connectivity index (χ2n) is 10.1. The van der Waals surface area contributed by atoms with Crippen LogP contribution in [0, 0.1) is 5.92 Å². The molecule has 3 heterocycles. The number of carbonyl (C=O) groups is 1. The van der Waals surface area contributed by atoms with Gasteiger partial charge in [0.15, 0.2) is 5.82 Å². The van der Waals surface area contributed by atoms with E-state index in [4.69, 9.17) is 11.5 Å². The number of fused-ring (bicyclic) bond motifs is 1. The van der Waals surface area contributed by atoms with Gasteiger partial charge in [-0.25, -0.2) is 4.98 Å². The van der Waals surface area contributed by atoms with E-state index in [1.807, 2.05) is 68.4 Å². The highest BCUT2D eigenvalue weighted by Gasteiger charge is 2.34. The molecular formula is C27H32N8O. The third kappa shape index (κ3) is 4.56. The second-order valence-corrected chi connectivity index (χ2v) is 10.1. The van der Waals surface area contributed by atoms with Crippen LogP contribution in [0.2, 0.25) is 0 Å². The Kier molecular flexibility index (Phi) is 5.99. The van der Waals surface area contributed by atoms with Crippen LogP contribution in [0.1, 0.15) is 39.2 Å². The molecule has 0 spiro atoms. The van der Waals surface area contributed by atoms with Gasteiger partial charge in [-0.15, -0.1) is 0 Å². The molecule has 1 saturated heterocycles. The second kappa shape index (κ2) is 9.14. The largest absolute Gasteiger partial charge is 0.382 e. The number of benzene rings is 2. The van der Waals surface area contributed by atoms with Crippen molar-refractivity contribution in [2.45, 2.75) is 45.2 Å². The Balaban J connectivity index is 1.38. The minimum absolute atomic E-state index is 0.0466. The molecule has 2 unspecified atom stereocenters. The van der Waals surface area contributed by atoms with Crippen LogP contribution in [-0.2, 0) is 10.3 Å². The lowest BCUT2D eigenvalue weighted by Gasteiger charge is -2.39. The molecule has 2 aromatic carbocycles. The van der Waals surface area contributed by atoms with Gasteiger partial charge in [0.2, 0.25) is 11.9 Å². The van der Waals surface area contributed by atoms with Crippen LogP contribution in [0.15, 0.2) is 54.6 Å². The fourth-order valence-corrected chi connectivity index (χ4v) is 4.93. The summed E-state index contributed by atoms with van der Waals surface area (Å²) >= 11 is 0. The van der Waals surface area contributed by atoms with Gasteiger partial charge in [0.25, 0.3) is 0 Å². The molecule has 1 aliphatic heterocycles. The highest BCUT2D eigenvalue weighted by molar-refractivity contribution is 5.91. The zero-order chi connectivity index (χ0) is 25.4. The third-order valence-corrected chi connectivity index (χ3v) is 7.10. The van der Waals surface area contributed by atoms with Gasteiger partial charge in [0.05, 0.1) is 22.7 Å². The molecule has 2 aromatic heterocycles. The van der Waals surface area contributed by atoms with Crippen molar-refractivity contribution in [3.8, 4) is 11.3 Å². The zero-order valence-electron chi connectivity index (χ0n) is 20.8. The average Bonchev–Trinajstić information content (AvgIpc) is 3.24. The van der Waals surface area contributed by atoms with Crippen molar-refractivity contribution >= 4 is 34.4 Å². The maximum Gasteiger partial charge on any atom is 0.225 e. The van der Waals surface area contributed by atoms with Crippen molar-refractivity contribution in [2.24, 2.45) is 5.92 Å². The molecule has 2 atom stereocenters. The van der Waals surface area contributed by atoms with E-state index in [-0.39, 0.29) is 23.8 Å². The number of amides is 1. The molecule has 9 nitrogen and oxygen atoms in total. The highest BCUT2D eigenvalue weighted by atomic mass is 16.2. The lowest BCUT2D eigenvalue weighted by atomic mass is 9.89. The van der Waals surface area contributed by atoms with Crippen molar-refractivity contribution in [3.63, 3.8) is 0 Å². The molecule has 9 heteroatoms. The van der Waals surface area contributed by atoms with Crippen LogP contribution < -0.4 is 21.7 Å². The van der Waals surface area contributed by atoms with Crippen LogP contribution in [0.4, 0.5) is 17.6 Å². The molecule has 36 heavy (non-hydrogen) atoms. The summed E-state index contributed by atoms with van der Waals surface area (Å²) in [6.07, 6.45) is 1.70. The maximum absolute atomic E-state index is 13.3. The molecule has 0 bridgehead atoms. The first-order chi connectivity index (χ1) is 17.2. The van der Waals surface area contributed by atoms with Crippen LogP contribution >= 0.6 is 0 Å². The van der Waals surface area contributed by atoms with Crippen molar-refractivity contribution in [1.29, 1.82) is 0 Å². The number of H-pyrrole nitrogens is 1. The Morgan fingerprint density at radius 2 is 1.86 bits per heavy atom. The molecular weight excluding hydrogens is 452 g/mol. The Morgan fingerprint density at radius 3 is 2.64 bits per heavy atom. The Hall–Kier alpha value is -4.14. The minimum atomic E-state index is -0.465. The number of aromatic amines is 1. The lowest BCUT2D eigenvalue weighted by molar-refractivity contribution is -0.127. The molecule has 1 amide bonds. The lowest BCUT2D eigenvalue weighted by Crippen LogP contribution is -2.51. The Bertz CT molecular complexity index is 1400. The summed E-state index contributed by atoms with van der Waals surface area (Å²) in [6.45, 7) is 6.78. The third-order valence-electron chi connectivity index (χ3n) is 7.10. The molecule has 1 aliphatic rings. The van der Waals surface area contributed by atoms with E-state index in [1.165, 1.54) is 0 Å². The van der Waals surface area contributed by atoms with Gasteiger partial charge in [-0.1, -0.05) is 36.4 Å². The fourth-order valence-electron chi connectivity index (χ4n) is 4.93. The van der Waals surface area contributed by atoms with Crippen molar-refractivity contribution < 1.29 is 4.79 Å². The molecule has 186 valence electrons. The number of anilines is 3. The highest BCUT2D eigenvalue weighted by Crippen LogP contribution is 2.32. The Morgan fingerprint density at radius 1 is 1.08 bits per heavy atom. The minimum Gasteiger partial charge on any atom is -0.382 e. The van der Waals surface area contributed by atoms with E-state index >= 15 is 0 Å². The summed E-state index contributed by atoms with van der Waals surface area (Å²) in [5, 5.41) is 11.1. The molecule has 0 saturated carbocycles. The number of piperidine rings is 1. The van der Waals surface area contributed by atoms with Crippen LogP contribution in [0.25, 0.3) is 22.2 Å². The first-order valence-electron chi connectivity index (χ1n) is 12.2. The van der Waals surface area contributed by atoms with Crippen molar-refractivity contribution in [3.05, 3.63) is 60.2 Å². The monoisotopic (exact) mass is 484 g/mol. The van der Waals surface area contributed by atoms with E-state index in [0.29, 0.717) is 23.9 Å². The van der Waals surface area contributed by atoms with E-state index in [2.05, 4.69) is 37.3 Å². The fraction of sp³-hybridized carbons (Fsp3) is 0.333. The topological polar surface area (TPSA) is 139 Å². The van der Waals surface area contributed by atoms with Gasteiger partial charge in [0, 0.05) is 29.6 Å². The SMILES string of the molecule is CC1CCC(C(=O)NC(C)(C)c2ccccc2)CN1c1cc(-c2ccc3c(N)n[nH]c3c2)nc(N)n1. The summed E-state index contributed by atoms with van der Waals surface area (Å²) in [5.41, 5.74) is 15.1. The smallest absolute Gasteiger partial charge is 0.225 e. The standard InChI is InChI=1S/C27H32N8O/c1-16-9-10-18(25(36)32-27(2,3)19-7-5-4-6-8-19)15-35(16)23-14-21(30-26(29)31-23)17-11-12-20-22(13-17)33-34-24(20)28/h4-8,11-14,16,18H,9-10,15H2,1-3H3,(H,32,36)(H3,28,33,34)(H2,29,30,31). The number of hydrogen-bond donors (Lipinski definition) is 4. The number of nitrogens with two attached hydrogens (primary N) is 2. The first-order valence-corrected chi connectivity index (χ1v) is 12.2. The number of aromatic nitrogens is 4. The predicted molar refractivity (Wildman–Crippen MR) is 143 cm³/mol. The van der Waals surface area contributed by atoms with E-state index in [1.54, 1.807) is 0 Å². The summed E-state index contributed by atoms with van der Waals surface area (Å²) in [7, 11) is 0. The van der Waals surface area contributed by atoms with Crippen LogP contribution in [0.3, 0.4) is 0 Å². The Labute approximate surface area is 210 Å². The molecule has 0 radical (unpaired) electrons. The van der Waals surface area contributed by atoms with Gasteiger partial charge < -0.3 is 21.7 Å². The maximum atomic E-state index is 13.3. The number of nitrogen functional groups attached to an aromatic ring is 2. The molecule has 5 rings (SSSR count). The first kappa shape index (κ1) is 23.6. The number of nitrogens with one attached hydrogen (secondary N) is 2. The van der Waals surface area contributed by atoms with Gasteiger partial charge in [-0.3, -0.25) is 9.89 Å². The quantitative estimate of drug-likeness (QED) is 0.337. The zero-order valence-corrected chi connectivity index (χ0v) is 20.8. The van der Waals surface area contributed by atoms with Gasteiger partial charge in [0.1, 0.15) is 5.82 Å². The van der Waals surface area contributed by atoms with Crippen molar-refractivity contribution in [1.82, 2.24) is 25.5 Å². The van der Waals surface area contributed by atoms with E-state index in [0.717, 1.165) is 34.9 Å². The number of hydrogen-bond acceptors (Lipinski definition) is 7. The summed E-state index contributed by atoms with van der Waals surface area (Å²) in [5.74, 6) is 1.25. The van der Waals surface area contributed by atoms with E-state index < -0.39 is 5.54 Å².